The number of fused-ring (bicyclic) bond motifs is 1. The molecule has 0 spiro atoms. The molecule has 1 aliphatic heterocycles. The first kappa shape index (κ1) is 18.5. The predicted molar refractivity (Wildman–Crippen MR) is 115 cm³/mol. The Morgan fingerprint density at radius 1 is 1.03 bits per heavy atom. The van der Waals surface area contributed by atoms with Crippen LogP contribution in [0.1, 0.15) is 33.7 Å². The lowest BCUT2D eigenvalue weighted by Gasteiger charge is -2.26. The molecule has 0 aromatic heterocycles. The Hall–Kier alpha value is -3.84. The van der Waals surface area contributed by atoms with Gasteiger partial charge in [-0.1, -0.05) is 48.0 Å². The zero-order valence-corrected chi connectivity index (χ0v) is 16.4. The van der Waals surface area contributed by atoms with Crippen LogP contribution in [-0.4, -0.2) is 6.21 Å². The molecular weight excluding hydrogens is 358 g/mol. The largest absolute Gasteiger partial charge is 0.440 e. The average Bonchev–Trinajstić information content (AvgIpc) is 2.73. The van der Waals surface area contributed by atoms with Crippen LogP contribution in [0.5, 0.6) is 5.75 Å². The second-order valence-corrected chi connectivity index (χ2v) is 7.18. The van der Waals surface area contributed by atoms with Gasteiger partial charge in [0, 0.05) is 11.8 Å². The lowest BCUT2D eigenvalue weighted by atomic mass is 9.83. The van der Waals surface area contributed by atoms with E-state index in [1.807, 2.05) is 60.8 Å². The lowest BCUT2D eigenvalue weighted by molar-refractivity contribution is 0.393. The van der Waals surface area contributed by atoms with E-state index in [1.54, 1.807) is 0 Å². The van der Waals surface area contributed by atoms with E-state index in [4.69, 9.17) is 10.5 Å². The third-order valence-electron chi connectivity index (χ3n) is 5.08. The number of allylic oxidation sites excluding steroid dienone is 1. The molecular formula is C25H21N3O. The first-order valence-electron chi connectivity index (χ1n) is 9.44. The van der Waals surface area contributed by atoms with Gasteiger partial charge in [-0.3, -0.25) is 4.99 Å². The van der Waals surface area contributed by atoms with Crippen LogP contribution >= 0.6 is 0 Å². The number of nitrogens with zero attached hydrogens (tertiary/aromatic N) is 2. The van der Waals surface area contributed by atoms with Crippen molar-refractivity contribution >= 4 is 11.9 Å². The Bertz CT molecular complexity index is 1170. The summed E-state index contributed by atoms with van der Waals surface area (Å²) in [6.45, 7) is 4.12. The van der Waals surface area contributed by atoms with Crippen LogP contribution < -0.4 is 10.5 Å². The number of hydrogen-bond acceptors (Lipinski definition) is 4. The second kappa shape index (κ2) is 7.65. The normalized spacial score (nSPS) is 15.7. The van der Waals surface area contributed by atoms with Gasteiger partial charge in [0.1, 0.15) is 17.4 Å². The molecule has 1 atom stereocenters. The molecule has 0 radical (unpaired) electrons. The molecule has 4 nitrogen and oxygen atoms in total. The third-order valence-corrected chi connectivity index (χ3v) is 5.08. The van der Waals surface area contributed by atoms with Crippen molar-refractivity contribution in [1.82, 2.24) is 0 Å². The molecule has 0 saturated heterocycles. The van der Waals surface area contributed by atoms with Crippen LogP contribution in [0, 0.1) is 25.2 Å². The van der Waals surface area contributed by atoms with E-state index >= 15 is 0 Å². The summed E-state index contributed by atoms with van der Waals surface area (Å²) in [5.41, 5.74) is 12.6. The Morgan fingerprint density at radius 3 is 2.55 bits per heavy atom. The van der Waals surface area contributed by atoms with Gasteiger partial charge < -0.3 is 10.5 Å². The highest BCUT2D eigenvalue weighted by atomic mass is 16.5. The smallest absolute Gasteiger partial charge is 0.205 e. The number of aliphatic imine (C=N–C) groups is 1. The maximum Gasteiger partial charge on any atom is 0.205 e. The fourth-order valence-electron chi connectivity index (χ4n) is 3.64. The number of nitriles is 1. The van der Waals surface area contributed by atoms with Crippen LogP contribution in [0.15, 0.2) is 83.2 Å². The molecule has 0 unspecified atom stereocenters. The van der Waals surface area contributed by atoms with Gasteiger partial charge in [0.05, 0.1) is 11.6 Å². The number of aryl methyl sites for hydroxylation is 2. The molecule has 3 aromatic carbocycles. The van der Waals surface area contributed by atoms with Crippen molar-refractivity contribution in [2.45, 2.75) is 19.8 Å². The van der Waals surface area contributed by atoms with E-state index in [0.717, 1.165) is 27.9 Å². The number of hydrogen-bond donors (Lipinski definition) is 1. The van der Waals surface area contributed by atoms with Crippen molar-refractivity contribution in [2.75, 3.05) is 0 Å². The first-order valence-corrected chi connectivity index (χ1v) is 9.44. The van der Waals surface area contributed by atoms with Crippen LogP contribution in [0.4, 0.5) is 5.69 Å². The molecule has 1 heterocycles. The topological polar surface area (TPSA) is 71.4 Å². The average molecular weight is 379 g/mol. The fourth-order valence-corrected chi connectivity index (χ4v) is 3.64. The van der Waals surface area contributed by atoms with Gasteiger partial charge in [0.2, 0.25) is 5.88 Å². The first-order chi connectivity index (χ1) is 14.1. The van der Waals surface area contributed by atoms with Crippen molar-refractivity contribution in [3.63, 3.8) is 0 Å². The van der Waals surface area contributed by atoms with Gasteiger partial charge in [0.15, 0.2) is 0 Å². The monoisotopic (exact) mass is 379 g/mol. The number of ether oxygens (including phenoxy) is 1. The van der Waals surface area contributed by atoms with E-state index in [-0.39, 0.29) is 11.8 Å². The highest BCUT2D eigenvalue weighted by Crippen LogP contribution is 2.42. The summed E-state index contributed by atoms with van der Waals surface area (Å²) in [5.74, 6) is 0.559. The van der Waals surface area contributed by atoms with E-state index in [0.29, 0.717) is 11.3 Å². The van der Waals surface area contributed by atoms with Gasteiger partial charge in [-0.15, -0.1) is 0 Å². The van der Waals surface area contributed by atoms with E-state index in [1.165, 1.54) is 5.56 Å². The maximum absolute atomic E-state index is 9.70. The quantitative estimate of drug-likeness (QED) is 0.630. The molecule has 0 aliphatic carbocycles. The van der Waals surface area contributed by atoms with Gasteiger partial charge in [-0.2, -0.15) is 5.26 Å². The minimum atomic E-state index is -0.264. The molecule has 0 bridgehead atoms. The predicted octanol–water partition coefficient (Wildman–Crippen LogP) is 5.27. The fraction of sp³-hybridized carbons (Fsp3) is 0.120. The summed E-state index contributed by atoms with van der Waals surface area (Å²) < 4.78 is 5.73. The van der Waals surface area contributed by atoms with E-state index in [2.05, 4.69) is 37.0 Å². The van der Waals surface area contributed by atoms with Crippen molar-refractivity contribution in [2.24, 2.45) is 10.7 Å². The van der Waals surface area contributed by atoms with Crippen LogP contribution in [0.25, 0.3) is 0 Å². The molecule has 0 fully saturated rings. The summed E-state index contributed by atoms with van der Waals surface area (Å²) in [7, 11) is 0. The maximum atomic E-state index is 9.70. The summed E-state index contributed by atoms with van der Waals surface area (Å²) >= 11 is 0. The Labute approximate surface area is 170 Å². The second-order valence-electron chi connectivity index (χ2n) is 7.18. The summed E-state index contributed by atoms with van der Waals surface area (Å²) in [6, 6.07) is 24.1. The summed E-state index contributed by atoms with van der Waals surface area (Å²) in [4.78, 5) is 4.65. The van der Waals surface area contributed by atoms with Crippen LogP contribution in [-0.2, 0) is 0 Å². The van der Waals surface area contributed by atoms with Crippen molar-refractivity contribution in [1.29, 1.82) is 5.26 Å². The van der Waals surface area contributed by atoms with Gasteiger partial charge >= 0.3 is 0 Å². The van der Waals surface area contributed by atoms with Crippen LogP contribution in [0.3, 0.4) is 0 Å². The lowest BCUT2D eigenvalue weighted by Crippen LogP contribution is -2.21. The zero-order valence-electron chi connectivity index (χ0n) is 16.4. The van der Waals surface area contributed by atoms with Crippen molar-refractivity contribution < 1.29 is 4.74 Å². The summed E-state index contributed by atoms with van der Waals surface area (Å²) in [5, 5.41) is 9.70. The molecule has 0 saturated carbocycles. The molecule has 0 amide bonds. The Kier molecular flexibility index (Phi) is 4.88. The third kappa shape index (κ3) is 3.63. The molecule has 4 rings (SSSR count). The van der Waals surface area contributed by atoms with Crippen molar-refractivity contribution in [3.05, 3.63) is 106 Å². The van der Waals surface area contributed by atoms with Gasteiger partial charge in [-0.05, 0) is 54.8 Å². The molecule has 3 aromatic rings. The molecule has 142 valence electrons. The Balaban J connectivity index is 1.76. The minimum absolute atomic E-state index is 0.158. The molecule has 2 N–H and O–H groups in total. The van der Waals surface area contributed by atoms with Crippen molar-refractivity contribution in [3.8, 4) is 11.8 Å². The zero-order chi connectivity index (χ0) is 20.4. The van der Waals surface area contributed by atoms with Gasteiger partial charge in [0.25, 0.3) is 0 Å². The number of nitrogens with two attached hydrogens (primary N) is 1. The Morgan fingerprint density at radius 2 is 1.83 bits per heavy atom. The number of rotatable bonds is 3. The highest BCUT2D eigenvalue weighted by Gasteiger charge is 2.30. The molecule has 29 heavy (non-hydrogen) atoms. The standard InChI is InChI=1S/C25H21N3O/c1-16-8-10-22(17(2)12-16)28-15-18-9-11-23-20(13-18)24(19-6-4-3-5-7-19)21(14-26)25(27)29-23/h3-13,15,24H,27H2,1-2H3/t24-/m1/s1. The summed E-state index contributed by atoms with van der Waals surface area (Å²) in [6.07, 6.45) is 1.84. The highest BCUT2D eigenvalue weighted by molar-refractivity contribution is 5.83. The van der Waals surface area contributed by atoms with Crippen LogP contribution in [0.2, 0.25) is 0 Å². The van der Waals surface area contributed by atoms with E-state index < -0.39 is 0 Å². The molecule has 1 aliphatic rings. The molecule has 4 heteroatoms. The SMILES string of the molecule is Cc1ccc(N=Cc2ccc3c(c2)[C@@H](c2ccccc2)C(C#N)=C(N)O3)c(C)c1. The minimum Gasteiger partial charge on any atom is -0.440 e. The number of benzene rings is 3. The van der Waals surface area contributed by atoms with E-state index in [9.17, 15) is 5.26 Å². The van der Waals surface area contributed by atoms with Gasteiger partial charge in [-0.25, -0.2) is 0 Å².